The molecule has 0 fully saturated rings. The molecular formula is C20H22FN3O2. The molecule has 0 radical (unpaired) electrons. The SMILES string of the molecule is CCn1cc([C@@H](NC(=O)CCOC)c2ccc(F)cc2)c2ccncc21. The van der Waals surface area contributed by atoms with Crippen LogP contribution >= 0.6 is 0 Å². The molecule has 0 aliphatic heterocycles. The summed E-state index contributed by atoms with van der Waals surface area (Å²) in [5.41, 5.74) is 2.79. The number of nitrogens with one attached hydrogen (secondary N) is 1. The molecule has 3 aromatic rings. The van der Waals surface area contributed by atoms with Crippen molar-refractivity contribution in [1.82, 2.24) is 14.9 Å². The van der Waals surface area contributed by atoms with E-state index >= 15 is 0 Å². The van der Waals surface area contributed by atoms with E-state index in [9.17, 15) is 9.18 Å². The fourth-order valence-corrected chi connectivity index (χ4v) is 3.08. The highest BCUT2D eigenvalue weighted by atomic mass is 19.1. The van der Waals surface area contributed by atoms with Gasteiger partial charge in [-0.25, -0.2) is 4.39 Å². The summed E-state index contributed by atoms with van der Waals surface area (Å²) in [6, 6.07) is 7.78. The largest absolute Gasteiger partial charge is 0.384 e. The zero-order valence-corrected chi connectivity index (χ0v) is 14.9. The van der Waals surface area contributed by atoms with Crippen molar-refractivity contribution in [3.05, 3.63) is 65.9 Å². The Hall–Kier alpha value is -2.73. The van der Waals surface area contributed by atoms with Gasteiger partial charge in [0.25, 0.3) is 0 Å². The molecule has 2 aromatic heterocycles. The zero-order valence-electron chi connectivity index (χ0n) is 14.9. The Morgan fingerprint density at radius 3 is 2.77 bits per heavy atom. The highest BCUT2D eigenvalue weighted by Gasteiger charge is 2.21. The van der Waals surface area contributed by atoms with Crippen LogP contribution in [0, 0.1) is 5.82 Å². The number of halogens is 1. The normalized spacial score (nSPS) is 12.3. The second-order valence-electron chi connectivity index (χ2n) is 6.06. The molecule has 0 aliphatic carbocycles. The third kappa shape index (κ3) is 3.75. The lowest BCUT2D eigenvalue weighted by atomic mass is 9.98. The molecule has 136 valence electrons. The number of carbonyl (C=O) groups excluding carboxylic acids is 1. The summed E-state index contributed by atoms with van der Waals surface area (Å²) < 4.78 is 20.5. The molecule has 0 bridgehead atoms. The zero-order chi connectivity index (χ0) is 18.5. The highest BCUT2D eigenvalue weighted by molar-refractivity contribution is 5.85. The van der Waals surface area contributed by atoms with E-state index in [0.29, 0.717) is 6.61 Å². The Bertz CT molecular complexity index is 890. The maximum Gasteiger partial charge on any atom is 0.223 e. The number of amides is 1. The molecule has 0 spiro atoms. The number of pyridine rings is 1. The van der Waals surface area contributed by atoms with E-state index in [-0.39, 0.29) is 24.2 Å². The first-order chi connectivity index (χ1) is 12.6. The Morgan fingerprint density at radius 1 is 1.31 bits per heavy atom. The van der Waals surface area contributed by atoms with Crippen LogP contribution in [0.5, 0.6) is 0 Å². The number of ether oxygens (including phenoxy) is 1. The molecule has 5 nitrogen and oxygen atoms in total. The van der Waals surface area contributed by atoms with Crippen molar-refractivity contribution in [2.24, 2.45) is 0 Å². The molecule has 0 saturated heterocycles. The maximum atomic E-state index is 13.4. The average molecular weight is 355 g/mol. The average Bonchev–Trinajstić information content (AvgIpc) is 3.04. The molecule has 6 heteroatoms. The first-order valence-corrected chi connectivity index (χ1v) is 8.60. The first kappa shape index (κ1) is 18.1. The summed E-state index contributed by atoms with van der Waals surface area (Å²) in [7, 11) is 1.56. The third-order valence-corrected chi connectivity index (χ3v) is 4.41. The standard InChI is InChI=1S/C20H22FN3O2/c1-3-24-13-17(16-8-10-22-12-18(16)24)20(23-19(25)9-11-26-2)14-4-6-15(21)7-5-14/h4-8,10,12-13,20H,3,9,11H2,1-2H3,(H,23,25)/t20-/m0/s1. The lowest BCUT2D eigenvalue weighted by Gasteiger charge is -2.19. The smallest absolute Gasteiger partial charge is 0.223 e. The number of methoxy groups -OCH3 is 1. The van der Waals surface area contributed by atoms with Crippen LogP contribution in [0.3, 0.4) is 0 Å². The van der Waals surface area contributed by atoms with Gasteiger partial charge in [-0.05, 0) is 30.7 Å². The molecule has 0 aliphatic rings. The van der Waals surface area contributed by atoms with Crippen LogP contribution in [0.1, 0.15) is 30.5 Å². The summed E-state index contributed by atoms with van der Waals surface area (Å²) in [4.78, 5) is 16.6. The van der Waals surface area contributed by atoms with E-state index in [0.717, 1.165) is 28.6 Å². The summed E-state index contributed by atoms with van der Waals surface area (Å²) in [6.45, 7) is 3.19. The van der Waals surface area contributed by atoms with Gasteiger partial charge in [0.15, 0.2) is 0 Å². The van der Waals surface area contributed by atoms with E-state index in [1.165, 1.54) is 12.1 Å². The Kier molecular flexibility index (Phi) is 5.63. The van der Waals surface area contributed by atoms with Crippen molar-refractivity contribution in [3.63, 3.8) is 0 Å². The maximum absolute atomic E-state index is 13.4. The van der Waals surface area contributed by atoms with Gasteiger partial charge in [-0.3, -0.25) is 9.78 Å². The van der Waals surface area contributed by atoms with Gasteiger partial charge < -0.3 is 14.6 Å². The van der Waals surface area contributed by atoms with Crippen molar-refractivity contribution in [3.8, 4) is 0 Å². The van der Waals surface area contributed by atoms with Crippen LogP contribution in [0.15, 0.2) is 48.9 Å². The quantitative estimate of drug-likeness (QED) is 0.706. The van der Waals surface area contributed by atoms with Crippen molar-refractivity contribution in [1.29, 1.82) is 0 Å². The highest BCUT2D eigenvalue weighted by Crippen LogP contribution is 2.30. The minimum atomic E-state index is -0.377. The number of aromatic nitrogens is 2. The van der Waals surface area contributed by atoms with E-state index in [2.05, 4.69) is 21.8 Å². The van der Waals surface area contributed by atoms with Gasteiger partial charge >= 0.3 is 0 Å². The Morgan fingerprint density at radius 2 is 2.08 bits per heavy atom. The van der Waals surface area contributed by atoms with Crippen LogP contribution in [-0.2, 0) is 16.1 Å². The predicted molar refractivity (Wildman–Crippen MR) is 98.3 cm³/mol. The fraction of sp³-hybridized carbons (Fsp3) is 0.300. The van der Waals surface area contributed by atoms with Crippen LogP contribution in [0.4, 0.5) is 4.39 Å². The second kappa shape index (κ2) is 8.10. The number of benzene rings is 1. The first-order valence-electron chi connectivity index (χ1n) is 8.60. The van der Waals surface area contributed by atoms with Crippen LogP contribution < -0.4 is 5.32 Å². The summed E-state index contributed by atoms with van der Waals surface area (Å²) in [6.07, 6.45) is 5.84. The molecule has 1 atom stereocenters. The molecule has 1 N–H and O–H groups in total. The molecule has 0 unspecified atom stereocenters. The summed E-state index contributed by atoms with van der Waals surface area (Å²) in [5.74, 6) is -0.425. The number of fused-ring (bicyclic) bond motifs is 1. The lowest BCUT2D eigenvalue weighted by molar-refractivity contribution is -0.122. The minimum Gasteiger partial charge on any atom is -0.384 e. The van der Waals surface area contributed by atoms with E-state index in [1.54, 1.807) is 25.4 Å². The lowest BCUT2D eigenvalue weighted by Crippen LogP contribution is -2.29. The van der Waals surface area contributed by atoms with Crippen LogP contribution in [0.25, 0.3) is 10.9 Å². The molecule has 26 heavy (non-hydrogen) atoms. The number of hydrogen-bond acceptors (Lipinski definition) is 3. The number of nitrogens with zero attached hydrogens (tertiary/aromatic N) is 2. The monoisotopic (exact) mass is 355 g/mol. The Balaban J connectivity index is 2.05. The molecule has 1 amide bonds. The number of rotatable bonds is 7. The molecule has 1 aromatic carbocycles. The third-order valence-electron chi connectivity index (χ3n) is 4.41. The number of carbonyl (C=O) groups is 1. The van der Waals surface area contributed by atoms with Gasteiger partial charge in [-0.15, -0.1) is 0 Å². The summed E-state index contributed by atoms with van der Waals surface area (Å²) in [5, 5.41) is 4.08. The van der Waals surface area contributed by atoms with Gasteiger partial charge in [0.2, 0.25) is 5.91 Å². The topological polar surface area (TPSA) is 56.2 Å². The van der Waals surface area contributed by atoms with E-state index in [1.807, 2.05) is 18.5 Å². The number of aryl methyl sites for hydroxylation is 1. The minimum absolute atomic E-state index is 0.118. The van der Waals surface area contributed by atoms with Crippen molar-refractivity contribution < 1.29 is 13.9 Å². The van der Waals surface area contributed by atoms with Crippen molar-refractivity contribution >= 4 is 16.8 Å². The summed E-state index contributed by atoms with van der Waals surface area (Å²) >= 11 is 0. The van der Waals surface area contributed by atoms with E-state index < -0.39 is 0 Å². The molecule has 0 saturated carbocycles. The molecular weight excluding hydrogens is 333 g/mol. The van der Waals surface area contributed by atoms with Crippen LogP contribution in [-0.4, -0.2) is 29.2 Å². The fourth-order valence-electron chi connectivity index (χ4n) is 3.08. The number of hydrogen-bond donors (Lipinski definition) is 1. The van der Waals surface area contributed by atoms with Gasteiger partial charge in [0.05, 0.1) is 24.4 Å². The molecule has 2 heterocycles. The van der Waals surface area contributed by atoms with E-state index in [4.69, 9.17) is 4.74 Å². The van der Waals surface area contributed by atoms with Gasteiger partial charge in [-0.1, -0.05) is 12.1 Å². The van der Waals surface area contributed by atoms with Gasteiger partial charge in [0, 0.05) is 43.4 Å². The van der Waals surface area contributed by atoms with Crippen molar-refractivity contribution in [2.75, 3.05) is 13.7 Å². The van der Waals surface area contributed by atoms with Gasteiger partial charge in [0.1, 0.15) is 5.82 Å². The van der Waals surface area contributed by atoms with Crippen LogP contribution in [0.2, 0.25) is 0 Å². The molecule has 3 rings (SSSR count). The second-order valence-corrected chi connectivity index (χ2v) is 6.06. The Labute approximate surface area is 151 Å². The predicted octanol–water partition coefficient (Wildman–Crippen LogP) is 3.44. The van der Waals surface area contributed by atoms with Gasteiger partial charge in [-0.2, -0.15) is 0 Å². The van der Waals surface area contributed by atoms with Crippen molar-refractivity contribution in [2.45, 2.75) is 25.9 Å².